The minimum atomic E-state index is -1.98. The molecular formula is C35H57NO2Si2. The first-order chi connectivity index (χ1) is 19.0. The van der Waals surface area contributed by atoms with E-state index in [2.05, 4.69) is 102 Å². The van der Waals surface area contributed by atoms with Crippen molar-refractivity contribution in [3.63, 3.8) is 0 Å². The fraction of sp³-hybridized carbons (Fsp3) is 0.686. The Morgan fingerprint density at radius 1 is 0.700 bits per heavy atom. The molecule has 0 atom stereocenters. The van der Waals surface area contributed by atoms with Gasteiger partial charge in [0.2, 0.25) is 0 Å². The summed E-state index contributed by atoms with van der Waals surface area (Å²) < 4.78 is 12.8. The summed E-state index contributed by atoms with van der Waals surface area (Å²) in [4.78, 5) is 0. The van der Waals surface area contributed by atoms with Gasteiger partial charge in [-0.3, -0.25) is 0 Å². The molecule has 0 aliphatic heterocycles. The number of nitrogens with zero attached hydrogens (tertiary/aromatic N) is 1. The second-order valence-corrected chi connectivity index (χ2v) is 22.7. The molecule has 0 radical (unpaired) electrons. The van der Waals surface area contributed by atoms with Gasteiger partial charge in [-0.15, -0.1) is 11.1 Å². The summed E-state index contributed by atoms with van der Waals surface area (Å²) in [6.07, 6.45) is 10.8. The number of hydrogen-bond acceptors (Lipinski definition) is 3. The van der Waals surface area contributed by atoms with Crippen LogP contribution >= 0.6 is 0 Å². The molecule has 0 amide bonds. The van der Waals surface area contributed by atoms with Gasteiger partial charge in [-0.25, -0.2) is 0 Å². The van der Waals surface area contributed by atoms with Crippen LogP contribution in [0.5, 0.6) is 11.5 Å². The molecule has 0 spiro atoms. The fourth-order valence-electron chi connectivity index (χ4n) is 4.91. The number of ether oxygens (including phenoxy) is 2. The van der Waals surface area contributed by atoms with E-state index < -0.39 is 16.1 Å². The van der Waals surface area contributed by atoms with Crippen LogP contribution in [0.4, 0.5) is 0 Å². The van der Waals surface area contributed by atoms with Gasteiger partial charge in [-0.1, -0.05) is 112 Å². The zero-order valence-corrected chi connectivity index (χ0v) is 29.3. The molecule has 1 aromatic carbocycles. The molecule has 1 aromatic rings. The summed E-state index contributed by atoms with van der Waals surface area (Å²) in [5.74, 6) is 8.75. The van der Waals surface area contributed by atoms with Crippen molar-refractivity contribution in [2.45, 2.75) is 143 Å². The Bertz CT molecular complexity index is 1030. The Morgan fingerprint density at radius 2 is 1.18 bits per heavy atom. The molecule has 5 heteroatoms. The summed E-state index contributed by atoms with van der Waals surface area (Å²) in [7, 11) is -3.55. The topological polar surface area (TPSA) is 42.2 Å². The van der Waals surface area contributed by atoms with E-state index in [1.807, 2.05) is 0 Å². The fourth-order valence-corrected chi connectivity index (χ4v) is 9.74. The molecule has 222 valence electrons. The Kier molecular flexibility index (Phi) is 17.1. The molecule has 0 aliphatic rings. The highest BCUT2D eigenvalue weighted by Crippen LogP contribution is 2.37. The molecule has 3 nitrogen and oxygen atoms in total. The van der Waals surface area contributed by atoms with Crippen molar-refractivity contribution in [1.29, 1.82) is 5.26 Å². The predicted octanol–water partition coefficient (Wildman–Crippen LogP) is 10.3. The van der Waals surface area contributed by atoms with Gasteiger partial charge in [0.25, 0.3) is 0 Å². The van der Waals surface area contributed by atoms with Crippen LogP contribution in [0.1, 0.15) is 117 Å². The Hall–Kier alpha value is -2.14. The summed E-state index contributed by atoms with van der Waals surface area (Å²) >= 11 is 0. The van der Waals surface area contributed by atoms with Crippen molar-refractivity contribution in [1.82, 2.24) is 0 Å². The lowest BCUT2D eigenvalue weighted by molar-refractivity contribution is 0.295. The van der Waals surface area contributed by atoms with Crippen LogP contribution in [0.15, 0.2) is 12.1 Å². The van der Waals surface area contributed by atoms with E-state index >= 15 is 0 Å². The maximum atomic E-state index is 9.18. The van der Waals surface area contributed by atoms with E-state index in [0.29, 0.717) is 30.7 Å². The van der Waals surface area contributed by atoms with E-state index in [0.717, 1.165) is 47.9 Å². The summed E-state index contributed by atoms with van der Waals surface area (Å²) in [6.45, 7) is 21.9. The van der Waals surface area contributed by atoms with E-state index in [1.54, 1.807) is 0 Å². The van der Waals surface area contributed by atoms with Crippen molar-refractivity contribution in [3.05, 3.63) is 23.3 Å². The second-order valence-electron chi connectivity index (χ2n) is 12.8. The van der Waals surface area contributed by atoms with Crippen molar-refractivity contribution >= 4 is 16.1 Å². The number of hydrogen-bond donors (Lipinski definition) is 0. The van der Waals surface area contributed by atoms with Crippen molar-refractivity contribution in [2.24, 2.45) is 0 Å². The van der Waals surface area contributed by atoms with Crippen LogP contribution in [0.2, 0.25) is 36.8 Å². The van der Waals surface area contributed by atoms with E-state index in [9.17, 15) is 5.26 Å². The van der Waals surface area contributed by atoms with E-state index in [4.69, 9.17) is 9.47 Å². The maximum Gasteiger partial charge on any atom is 0.143 e. The largest absolute Gasteiger partial charge is 0.492 e. The smallest absolute Gasteiger partial charge is 0.143 e. The Balaban J connectivity index is 3.61. The lowest BCUT2D eigenvalue weighted by Crippen LogP contribution is -2.40. The molecule has 0 aromatic heterocycles. The monoisotopic (exact) mass is 579 g/mol. The van der Waals surface area contributed by atoms with Crippen LogP contribution in [0, 0.1) is 34.3 Å². The van der Waals surface area contributed by atoms with E-state index in [1.165, 1.54) is 38.5 Å². The average molecular weight is 580 g/mol. The van der Waals surface area contributed by atoms with Gasteiger partial charge in [0, 0.05) is 18.6 Å². The van der Waals surface area contributed by atoms with E-state index in [-0.39, 0.29) is 0 Å². The Morgan fingerprint density at radius 3 is 1.57 bits per heavy atom. The molecule has 0 saturated heterocycles. The van der Waals surface area contributed by atoms with Crippen molar-refractivity contribution in [2.75, 3.05) is 13.2 Å². The van der Waals surface area contributed by atoms with Gasteiger partial charge in [-0.05, 0) is 36.4 Å². The third-order valence-electron chi connectivity index (χ3n) is 7.53. The predicted molar refractivity (Wildman–Crippen MR) is 178 cm³/mol. The second kappa shape index (κ2) is 19.1. The molecule has 40 heavy (non-hydrogen) atoms. The van der Waals surface area contributed by atoms with Crippen LogP contribution in [0.25, 0.3) is 0 Å². The molecule has 0 saturated carbocycles. The van der Waals surface area contributed by atoms with Crippen LogP contribution < -0.4 is 9.47 Å². The third kappa shape index (κ3) is 13.0. The van der Waals surface area contributed by atoms with Crippen molar-refractivity contribution in [3.8, 4) is 40.5 Å². The highest BCUT2D eigenvalue weighted by atomic mass is 28.3. The average Bonchev–Trinajstić information content (AvgIpc) is 2.89. The highest BCUT2D eigenvalue weighted by molar-refractivity contribution is 6.89. The van der Waals surface area contributed by atoms with Crippen LogP contribution in [-0.2, 0) is 0 Å². The van der Waals surface area contributed by atoms with Crippen LogP contribution in [-0.4, -0.2) is 29.4 Å². The van der Waals surface area contributed by atoms with Gasteiger partial charge in [0.1, 0.15) is 27.6 Å². The maximum absolute atomic E-state index is 9.18. The quantitative estimate of drug-likeness (QED) is 0.105. The summed E-state index contributed by atoms with van der Waals surface area (Å²) in [5, 5.41) is 9.18. The van der Waals surface area contributed by atoms with Gasteiger partial charge < -0.3 is 9.47 Å². The third-order valence-corrected chi connectivity index (χ3v) is 14.3. The zero-order chi connectivity index (χ0) is 30.0. The molecule has 0 aliphatic carbocycles. The summed E-state index contributed by atoms with van der Waals surface area (Å²) in [6, 6.07) is 7.57. The lowest BCUT2D eigenvalue weighted by atomic mass is 10.1. The standard InChI is InChI=1S/C35H57NO2Si2/c1-10-12-14-17-23-37-34-29-33(21-27-40(30(3)4,31(5)6)25-19-16-22-36)35(38-24-18-15-13-11-2)28-32(34)20-26-39(7,8)9/h28-31H,10-19,23-25H2,1-9H3. The Labute approximate surface area is 249 Å². The van der Waals surface area contributed by atoms with Crippen molar-refractivity contribution < 1.29 is 9.47 Å². The summed E-state index contributed by atoms with van der Waals surface area (Å²) in [5.41, 5.74) is 10.2. The van der Waals surface area contributed by atoms with Gasteiger partial charge in [-0.2, -0.15) is 5.26 Å². The van der Waals surface area contributed by atoms with Gasteiger partial charge >= 0.3 is 0 Å². The van der Waals surface area contributed by atoms with Gasteiger partial charge in [0.15, 0.2) is 0 Å². The first-order valence-electron chi connectivity index (χ1n) is 15.9. The number of rotatable bonds is 17. The number of benzene rings is 1. The lowest BCUT2D eigenvalue weighted by Gasteiger charge is -2.34. The minimum absolute atomic E-state index is 0.508. The van der Waals surface area contributed by atoms with Gasteiger partial charge in [0.05, 0.1) is 30.4 Å². The highest BCUT2D eigenvalue weighted by Gasteiger charge is 2.38. The SMILES string of the molecule is CCCCCCOc1cc(C#C[Si](CCCC#N)(C(C)C)C(C)C)c(OCCCCCC)cc1C#C[Si](C)(C)C. The number of nitriles is 1. The molecule has 0 bridgehead atoms. The molecular weight excluding hydrogens is 523 g/mol. The zero-order valence-electron chi connectivity index (χ0n) is 27.3. The first-order valence-corrected chi connectivity index (χ1v) is 21.7. The minimum Gasteiger partial charge on any atom is -0.492 e. The number of unbranched alkanes of at least 4 members (excludes halogenated alkanes) is 7. The molecule has 0 fully saturated rings. The molecule has 1 rings (SSSR count). The molecule has 0 heterocycles. The molecule has 0 N–H and O–H groups in total. The first kappa shape index (κ1) is 35.9. The normalized spacial score (nSPS) is 11.4. The van der Waals surface area contributed by atoms with Crippen LogP contribution in [0.3, 0.4) is 0 Å². The molecule has 0 unspecified atom stereocenters.